The number of nitrogens with one attached hydrogen (secondary N) is 1. The summed E-state index contributed by atoms with van der Waals surface area (Å²) in [5.41, 5.74) is 2.59. The number of nitrogens with zero attached hydrogens (tertiary/aromatic N) is 2. The van der Waals surface area contributed by atoms with Gasteiger partial charge in [0.1, 0.15) is 0 Å². The van der Waals surface area contributed by atoms with E-state index in [0.717, 1.165) is 5.25 Å². The van der Waals surface area contributed by atoms with Gasteiger partial charge in [-0.3, -0.25) is 4.68 Å². The summed E-state index contributed by atoms with van der Waals surface area (Å²) in [6.07, 6.45) is 3.27. The molecule has 3 unspecified atom stereocenters. The fraction of sp³-hybridized carbons (Fsp3) is 0.750. The van der Waals surface area contributed by atoms with Crippen molar-refractivity contribution in [3.63, 3.8) is 0 Å². The highest BCUT2D eigenvalue weighted by Gasteiger charge is 2.24. The van der Waals surface area contributed by atoms with Gasteiger partial charge in [-0.15, -0.1) is 0 Å². The third kappa shape index (κ3) is 2.43. The summed E-state index contributed by atoms with van der Waals surface area (Å²) in [5, 5.41) is 8.81. The van der Waals surface area contributed by atoms with Gasteiger partial charge < -0.3 is 5.32 Å². The molecule has 1 saturated heterocycles. The minimum atomic E-state index is 0.407. The van der Waals surface area contributed by atoms with E-state index in [-0.39, 0.29) is 0 Å². The minimum Gasteiger partial charge on any atom is -0.306 e. The maximum absolute atomic E-state index is 4.30. The highest BCUT2D eigenvalue weighted by atomic mass is 32.2. The lowest BCUT2D eigenvalue weighted by Gasteiger charge is -2.18. The first-order valence-electron chi connectivity index (χ1n) is 5.94. The smallest absolute Gasteiger partial charge is 0.0540 e. The molecule has 3 nitrogen and oxygen atoms in total. The van der Waals surface area contributed by atoms with Crippen molar-refractivity contribution in [3.8, 4) is 0 Å². The molecule has 0 spiro atoms. The summed E-state index contributed by atoms with van der Waals surface area (Å²) >= 11 is 2.07. The predicted octanol–water partition coefficient (Wildman–Crippen LogP) is 2.27. The summed E-state index contributed by atoms with van der Waals surface area (Å²) in [5.74, 6) is 1.24. The van der Waals surface area contributed by atoms with Crippen LogP contribution in [0, 0.1) is 6.92 Å². The molecule has 1 aromatic heterocycles. The van der Waals surface area contributed by atoms with E-state index >= 15 is 0 Å². The van der Waals surface area contributed by atoms with Gasteiger partial charge in [0.25, 0.3) is 0 Å². The average molecular weight is 239 g/mol. The molecular formula is C12H21N3S. The molecule has 0 bridgehead atoms. The van der Waals surface area contributed by atoms with Crippen molar-refractivity contribution in [2.75, 3.05) is 5.75 Å². The van der Waals surface area contributed by atoms with Crippen LogP contribution in [0.4, 0.5) is 0 Å². The molecule has 0 radical (unpaired) electrons. The zero-order chi connectivity index (χ0) is 11.7. The van der Waals surface area contributed by atoms with Crippen molar-refractivity contribution in [3.05, 3.63) is 17.5 Å². The molecule has 3 atom stereocenters. The second kappa shape index (κ2) is 4.80. The molecule has 1 aromatic rings. The van der Waals surface area contributed by atoms with Gasteiger partial charge in [-0.1, -0.05) is 6.92 Å². The van der Waals surface area contributed by atoms with Gasteiger partial charge in [0, 0.05) is 41.4 Å². The highest BCUT2D eigenvalue weighted by Crippen LogP contribution is 2.28. The molecule has 0 aliphatic carbocycles. The van der Waals surface area contributed by atoms with Crippen molar-refractivity contribution < 1.29 is 0 Å². The van der Waals surface area contributed by atoms with Crippen LogP contribution in [-0.2, 0) is 7.05 Å². The standard InChI is InChI=1S/C12H21N3S/c1-8-5-11(7-16-8)14-9(2)12-6-13-15(4)10(12)3/h6,8-9,11,14H,5,7H2,1-4H3. The van der Waals surface area contributed by atoms with Gasteiger partial charge >= 0.3 is 0 Å². The average Bonchev–Trinajstić information content (AvgIpc) is 2.76. The normalized spacial score (nSPS) is 27.2. The predicted molar refractivity (Wildman–Crippen MR) is 69.8 cm³/mol. The molecule has 0 aromatic carbocycles. The largest absolute Gasteiger partial charge is 0.306 e. The summed E-state index contributed by atoms with van der Waals surface area (Å²) in [6, 6.07) is 1.07. The zero-order valence-corrected chi connectivity index (χ0v) is 11.3. The molecule has 1 N–H and O–H groups in total. The summed E-state index contributed by atoms with van der Waals surface area (Å²) < 4.78 is 1.94. The minimum absolute atomic E-state index is 0.407. The van der Waals surface area contributed by atoms with Crippen molar-refractivity contribution in [2.45, 2.75) is 44.5 Å². The van der Waals surface area contributed by atoms with Gasteiger partial charge in [-0.25, -0.2) is 0 Å². The third-order valence-electron chi connectivity index (χ3n) is 3.42. The Morgan fingerprint density at radius 1 is 1.62 bits per heavy atom. The molecule has 0 saturated carbocycles. The number of rotatable bonds is 3. The summed E-state index contributed by atoms with van der Waals surface area (Å²) in [4.78, 5) is 0. The van der Waals surface area contributed by atoms with Gasteiger partial charge in [0.2, 0.25) is 0 Å². The number of aromatic nitrogens is 2. The number of thioether (sulfide) groups is 1. The van der Waals surface area contributed by atoms with Crippen LogP contribution in [0.5, 0.6) is 0 Å². The van der Waals surface area contributed by atoms with Crippen molar-refractivity contribution >= 4 is 11.8 Å². The topological polar surface area (TPSA) is 29.9 Å². The Kier molecular flexibility index (Phi) is 3.60. The van der Waals surface area contributed by atoms with Gasteiger partial charge in [-0.2, -0.15) is 16.9 Å². The highest BCUT2D eigenvalue weighted by molar-refractivity contribution is 8.00. The monoisotopic (exact) mass is 239 g/mol. The van der Waals surface area contributed by atoms with E-state index in [2.05, 4.69) is 42.9 Å². The first-order chi connectivity index (χ1) is 7.58. The summed E-state index contributed by atoms with van der Waals surface area (Å²) in [7, 11) is 2.00. The second-order valence-electron chi connectivity index (χ2n) is 4.77. The van der Waals surface area contributed by atoms with Crippen LogP contribution in [0.25, 0.3) is 0 Å². The molecule has 1 aliphatic heterocycles. The quantitative estimate of drug-likeness (QED) is 0.877. The lowest BCUT2D eigenvalue weighted by molar-refractivity contribution is 0.472. The first kappa shape index (κ1) is 12.0. The Hall–Kier alpha value is -0.480. The van der Waals surface area contributed by atoms with Gasteiger partial charge in [-0.05, 0) is 20.3 Å². The Morgan fingerprint density at radius 2 is 2.38 bits per heavy atom. The lowest BCUT2D eigenvalue weighted by atomic mass is 10.1. The molecule has 0 amide bonds. The number of hydrogen-bond acceptors (Lipinski definition) is 3. The van der Waals surface area contributed by atoms with E-state index in [1.807, 2.05) is 17.9 Å². The first-order valence-corrected chi connectivity index (χ1v) is 6.99. The van der Waals surface area contributed by atoms with E-state index in [4.69, 9.17) is 0 Å². The molecule has 1 aliphatic rings. The lowest BCUT2D eigenvalue weighted by Crippen LogP contribution is -2.31. The maximum atomic E-state index is 4.30. The van der Waals surface area contributed by atoms with E-state index in [0.29, 0.717) is 12.1 Å². The Balaban J connectivity index is 1.98. The SMILES string of the molecule is Cc1c(C(C)NC2CSC(C)C2)cnn1C. The van der Waals surface area contributed by atoms with Crippen LogP contribution in [-0.4, -0.2) is 26.8 Å². The van der Waals surface area contributed by atoms with Crippen molar-refractivity contribution in [2.24, 2.45) is 7.05 Å². The molecule has 90 valence electrons. The van der Waals surface area contributed by atoms with E-state index in [1.54, 1.807) is 0 Å². The molecule has 1 fully saturated rings. The number of hydrogen-bond donors (Lipinski definition) is 1. The molecular weight excluding hydrogens is 218 g/mol. The Bertz CT molecular complexity index is 361. The van der Waals surface area contributed by atoms with Gasteiger partial charge in [0.15, 0.2) is 0 Å². The fourth-order valence-corrected chi connectivity index (χ4v) is 3.48. The van der Waals surface area contributed by atoms with Crippen LogP contribution in [0.3, 0.4) is 0 Å². The number of aryl methyl sites for hydroxylation is 1. The van der Waals surface area contributed by atoms with Crippen molar-refractivity contribution in [1.29, 1.82) is 0 Å². The molecule has 16 heavy (non-hydrogen) atoms. The van der Waals surface area contributed by atoms with Crippen LogP contribution < -0.4 is 5.32 Å². The van der Waals surface area contributed by atoms with Crippen LogP contribution >= 0.6 is 11.8 Å². The Morgan fingerprint density at radius 3 is 2.88 bits per heavy atom. The van der Waals surface area contributed by atoms with Crippen LogP contribution in [0.2, 0.25) is 0 Å². The van der Waals surface area contributed by atoms with Crippen LogP contribution in [0.1, 0.15) is 37.6 Å². The zero-order valence-electron chi connectivity index (χ0n) is 10.5. The Labute approximate surface area is 102 Å². The molecule has 4 heteroatoms. The summed E-state index contributed by atoms with van der Waals surface area (Å²) in [6.45, 7) is 6.68. The van der Waals surface area contributed by atoms with Crippen molar-refractivity contribution in [1.82, 2.24) is 15.1 Å². The third-order valence-corrected chi connectivity index (χ3v) is 4.78. The fourth-order valence-electron chi connectivity index (χ4n) is 2.32. The molecule has 2 heterocycles. The van der Waals surface area contributed by atoms with Crippen LogP contribution in [0.15, 0.2) is 6.20 Å². The second-order valence-corrected chi connectivity index (χ2v) is 6.25. The molecule has 2 rings (SSSR count). The van der Waals surface area contributed by atoms with Gasteiger partial charge in [0.05, 0.1) is 6.20 Å². The van der Waals surface area contributed by atoms with E-state index in [9.17, 15) is 0 Å². The maximum Gasteiger partial charge on any atom is 0.0540 e. The van der Waals surface area contributed by atoms with E-state index in [1.165, 1.54) is 23.4 Å². The van der Waals surface area contributed by atoms with E-state index < -0.39 is 0 Å².